The van der Waals surface area contributed by atoms with Gasteiger partial charge in [0.05, 0.1) is 11.3 Å². The first-order chi connectivity index (χ1) is 26.2. The first-order valence-corrected chi connectivity index (χ1v) is 17.9. The Kier molecular flexibility index (Phi) is 12.1. The Hall–Kier alpha value is -6.31. The molecule has 5 aromatic rings. The van der Waals surface area contributed by atoms with Crippen molar-refractivity contribution in [1.82, 2.24) is 10.2 Å². The smallest absolute Gasteiger partial charge is 0.356 e. The molecule has 2 amide bonds. The minimum absolute atomic E-state index is 0.0399. The quantitative estimate of drug-likeness (QED) is 0.0591. The van der Waals surface area contributed by atoms with Crippen molar-refractivity contribution in [3.8, 4) is 0 Å². The molecule has 0 spiro atoms. The molecule has 13 heteroatoms. The molecule has 5 aromatic carbocycles. The molecule has 6 rings (SSSR count). The van der Waals surface area contributed by atoms with Crippen LogP contribution in [-0.4, -0.2) is 56.3 Å². The number of β-lactam (4-membered cyclic amide) rings is 1. The number of aliphatic hydroxyl groups is 1. The van der Waals surface area contributed by atoms with E-state index in [0.29, 0.717) is 16.7 Å². The molecule has 12 nitrogen and oxygen atoms in total. The van der Waals surface area contributed by atoms with Crippen molar-refractivity contribution < 1.29 is 38.7 Å². The summed E-state index contributed by atoms with van der Waals surface area (Å²) in [5, 5.41) is 22.8. The second-order valence-corrected chi connectivity index (χ2v) is 13.5. The van der Waals surface area contributed by atoms with Gasteiger partial charge in [-0.15, -0.1) is 11.8 Å². The Labute approximate surface area is 314 Å². The molecule has 0 radical (unpaired) electrons. The van der Waals surface area contributed by atoms with Crippen LogP contribution >= 0.6 is 11.8 Å². The first kappa shape index (κ1) is 37.4. The van der Waals surface area contributed by atoms with Crippen LogP contribution in [0.5, 0.6) is 0 Å². The summed E-state index contributed by atoms with van der Waals surface area (Å²) >= 11 is 0.942. The number of nitro groups is 1. The number of non-ortho nitro benzene ring substituents is 1. The Morgan fingerprint density at radius 3 is 1.80 bits per heavy atom. The van der Waals surface area contributed by atoms with E-state index >= 15 is 0 Å². The number of ether oxygens (including phenoxy) is 2. The molecule has 0 aromatic heterocycles. The number of benzene rings is 5. The lowest BCUT2D eigenvalue weighted by atomic mass is 10.0. The molecule has 0 saturated carbocycles. The van der Waals surface area contributed by atoms with Crippen molar-refractivity contribution in [2.24, 2.45) is 0 Å². The number of esters is 2. The summed E-state index contributed by atoms with van der Waals surface area (Å²) < 4.78 is 11.5. The fourth-order valence-electron chi connectivity index (χ4n) is 5.89. The molecule has 1 aliphatic heterocycles. The van der Waals surface area contributed by atoms with Gasteiger partial charge in [0, 0.05) is 12.1 Å². The van der Waals surface area contributed by atoms with Gasteiger partial charge < -0.3 is 19.9 Å². The summed E-state index contributed by atoms with van der Waals surface area (Å²) in [6, 6.07) is 40.1. The van der Waals surface area contributed by atoms with Gasteiger partial charge in [0.2, 0.25) is 12.1 Å². The minimum Gasteiger partial charge on any atom is -0.457 e. The van der Waals surface area contributed by atoms with Gasteiger partial charge in [-0.25, -0.2) is 4.79 Å². The van der Waals surface area contributed by atoms with Gasteiger partial charge in [-0.3, -0.25) is 29.4 Å². The van der Waals surface area contributed by atoms with Crippen molar-refractivity contribution >= 4 is 41.2 Å². The lowest BCUT2D eigenvalue weighted by molar-refractivity contribution is -0.384. The molecule has 1 saturated heterocycles. The van der Waals surface area contributed by atoms with Crippen molar-refractivity contribution in [3.63, 3.8) is 0 Å². The summed E-state index contributed by atoms with van der Waals surface area (Å²) in [6.45, 7) is -0.343. The van der Waals surface area contributed by atoms with Gasteiger partial charge in [0.15, 0.2) is 6.10 Å². The summed E-state index contributed by atoms with van der Waals surface area (Å²) in [5.41, 5.74) is 2.94. The number of carbonyl (C=O) groups excluding carboxylic acids is 4. The number of amides is 2. The maximum atomic E-state index is 14.3. The first-order valence-electron chi connectivity index (χ1n) is 16.9. The predicted molar refractivity (Wildman–Crippen MR) is 199 cm³/mol. The number of aliphatic hydroxyl groups excluding tert-OH is 1. The average Bonchev–Trinajstić information content (AvgIpc) is 3.20. The standard InChI is InChI=1S/C41H35N3O9S/c45-33(25-27-13-5-1-6-14-27)42-34-37(46)43(38(47)41(49)52-26-28-21-23-32(24-22-28)44(50)51)39(34)54-36(31-19-11-4-12-20-31)40(48)53-35(29-15-7-2-8-16-29)30-17-9-3-10-18-30/h1-24,34-36,38-39,47H,25-26H2,(H,42,45)/t34-,36?,38?,39-/m1/s1. The molecule has 2 unspecified atom stereocenters. The largest absolute Gasteiger partial charge is 0.457 e. The van der Waals surface area contributed by atoms with E-state index in [4.69, 9.17) is 9.47 Å². The third kappa shape index (κ3) is 9.00. The van der Waals surface area contributed by atoms with Crippen LogP contribution in [0.25, 0.3) is 0 Å². The zero-order chi connectivity index (χ0) is 38.0. The number of rotatable bonds is 15. The molecule has 2 N–H and O–H groups in total. The van der Waals surface area contributed by atoms with E-state index in [1.165, 1.54) is 24.3 Å². The van der Waals surface area contributed by atoms with Crippen LogP contribution in [0.1, 0.15) is 39.2 Å². The summed E-state index contributed by atoms with van der Waals surface area (Å²) in [4.78, 5) is 65.7. The highest BCUT2D eigenvalue weighted by Gasteiger charge is 2.55. The molecule has 0 bridgehead atoms. The Balaban J connectivity index is 1.27. The minimum atomic E-state index is -2.11. The van der Waals surface area contributed by atoms with Crippen LogP contribution < -0.4 is 5.32 Å². The highest BCUT2D eigenvalue weighted by molar-refractivity contribution is 8.01. The number of nitrogens with one attached hydrogen (secondary N) is 1. The van der Waals surface area contributed by atoms with E-state index in [0.717, 1.165) is 27.8 Å². The number of carbonyl (C=O) groups is 4. The Bertz CT molecular complexity index is 2030. The third-order valence-corrected chi connectivity index (χ3v) is 10.2. The summed E-state index contributed by atoms with van der Waals surface area (Å²) in [6.07, 6.45) is -2.93. The highest BCUT2D eigenvalue weighted by Crippen LogP contribution is 2.43. The van der Waals surface area contributed by atoms with Gasteiger partial charge in [-0.2, -0.15) is 0 Å². The van der Waals surface area contributed by atoms with Crippen molar-refractivity contribution in [3.05, 3.63) is 184 Å². The lowest BCUT2D eigenvalue weighted by Gasteiger charge is -2.48. The maximum absolute atomic E-state index is 14.3. The van der Waals surface area contributed by atoms with Crippen LogP contribution in [-0.2, 0) is 41.7 Å². The monoisotopic (exact) mass is 745 g/mol. The summed E-state index contributed by atoms with van der Waals surface area (Å²) in [5.74, 6) is -3.08. The topological polar surface area (TPSA) is 165 Å². The van der Waals surface area contributed by atoms with Crippen LogP contribution in [0, 0.1) is 10.1 Å². The van der Waals surface area contributed by atoms with Gasteiger partial charge in [-0.05, 0) is 39.9 Å². The van der Waals surface area contributed by atoms with Gasteiger partial charge in [0.1, 0.15) is 23.3 Å². The molecular formula is C41H35N3O9S. The molecule has 1 fully saturated rings. The number of thioether (sulfide) groups is 1. The molecular weight excluding hydrogens is 711 g/mol. The van der Waals surface area contributed by atoms with Crippen molar-refractivity contribution in [1.29, 1.82) is 0 Å². The predicted octanol–water partition coefficient (Wildman–Crippen LogP) is 5.66. The molecule has 1 heterocycles. The number of likely N-dealkylation sites (tertiary alicyclic amines) is 1. The number of hydrogen-bond acceptors (Lipinski definition) is 10. The van der Waals surface area contributed by atoms with Crippen LogP contribution in [0.2, 0.25) is 0 Å². The second-order valence-electron chi connectivity index (χ2n) is 12.3. The normalized spacial score (nSPS) is 16.1. The van der Waals surface area contributed by atoms with Crippen molar-refractivity contribution in [2.45, 2.75) is 42.0 Å². The van der Waals surface area contributed by atoms with Gasteiger partial charge in [-0.1, -0.05) is 121 Å². The molecule has 54 heavy (non-hydrogen) atoms. The fourth-order valence-corrected chi connectivity index (χ4v) is 7.34. The van der Waals surface area contributed by atoms with Crippen molar-refractivity contribution in [2.75, 3.05) is 0 Å². The molecule has 274 valence electrons. The van der Waals surface area contributed by atoms with Crippen LogP contribution in [0.3, 0.4) is 0 Å². The lowest BCUT2D eigenvalue weighted by Crippen LogP contribution is -2.73. The van der Waals surface area contributed by atoms with Gasteiger partial charge >= 0.3 is 11.9 Å². The van der Waals surface area contributed by atoms with Gasteiger partial charge in [0.25, 0.3) is 11.6 Å². The van der Waals surface area contributed by atoms with E-state index in [-0.39, 0.29) is 18.7 Å². The Morgan fingerprint density at radius 2 is 1.26 bits per heavy atom. The molecule has 1 aliphatic rings. The number of nitrogens with zero attached hydrogens (tertiary/aromatic N) is 2. The third-order valence-electron chi connectivity index (χ3n) is 8.64. The van der Waals surface area contributed by atoms with E-state index in [9.17, 15) is 34.4 Å². The van der Waals surface area contributed by atoms with E-state index in [1.807, 2.05) is 66.7 Å². The van der Waals surface area contributed by atoms with Crippen LogP contribution in [0.4, 0.5) is 5.69 Å². The fraction of sp³-hybridized carbons (Fsp3) is 0.171. The van der Waals surface area contributed by atoms with Crippen LogP contribution in [0.15, 0.2) is 146 Å². The number of hydrogen-bond donors (Lipinski definition) is 2. The summed E-state index contributed by atoms with van der Waals surface area (Å²) in [7, 11) is 0. The average molecular weight is 746 g/mol. The Morgan fingerprint density at radius 1 is 0.741 bits per heavy atom. The molecule has 4 atom stereocenters. The zero-order valence-corrected chi connectivity index (χ0v) is 29.5. The van der Waals surface area contributed by atoms with E-state index in [2.05, 4.69) is 5.32 Å². The molecule has 0 aliphatic carbocycles. The second kappa shape index (κ2) is 17.5. The number of nitro benzene ring substituents is 1. The highest BCUT2D eigenvalue weighted by atomic mass is 32.2. The van der Waals surface area contributed by atoms with E-state index in [1.54, 1.807) is 54.6 Å². The SMILES string of the molecule is O=C(Cc1ccccc1)N[C@@H]1C(=O)N(C(O)C(=O)OCc2ccc([N+](=O)[O-])cc2)[C@@H]1SC(C(=O)OC(c1ccccc1)c1ccccc1)c1ccccc1. The maximum Gasteiger partial charge on any atom is 0.356 e. The zero-order valence-electron chi connectivity index (χ0n) is 28.7. The van der Waals surface area contributed by atoms with E-state index < -0.39 is 57.7 Å².